The lowest BCUT2D eigenvalue weighted by molar-refractivity contribution is -0.302. The molecule has 2 saturated heterocycles. The van der Waals surface area contributed by atoms with Crippen molar-refractivity contribution in [2.45, 2.75) is 257 Å². The number of hydrogen-bond acceptors (Lipinski definition) is 13. The second-order valence-corrected chi connectivity index (χ2v) is 45.6. The van der Waals surface area contributed by atoms with Crippen LogP contribution in [0.15, 0.2) is 17.3 Å². The Hall–Kier alpha value is -0.346. The largest absolute Gasteiger partial charge is 0.415 e. The second-order valence-electron chi connectivity index (χ2n) is 23.2. The number of aliphatic hydroxyl groups is 4. The molecule has 2 rings (SSSR count). The molecule has 10 unspecified atom stereocenters. The minimum Gasteiger partial charge on any atom is -0.415 e. The molecule has 66 heavy (non-hydrogen) atoms. The molecule has 0 saturated carbocycles. The first kappa shape index (κ1) is 63.7. The second kappa shape index (κ2) is 30.5. The number of azide groups is 1. The topological polar surface area (TPSA) is 204 Å². The fourth-order valence-corrected chi connectivity index (χ4v) is 12.3. The molecular weight excluding hydrogens is 927 g/mol. The first-order chi connectivity index (χ1) is 30.4. The summed E-state index contributed by atoms with van der Waals surface area (Å²) in [5.41, 5.74) is 8.91. The van der Waals surface area contributed by atoms with Crippen LogP contribution < -0.4 is 0 Å². The fourth-order valence-electron chi connectivity index (χ4n) is 7.54. The third kappa shape index (κ3) is 27.9. The SMILES string of the molecule is CCCCCCCCCCCCC/C=C/[C@@H](C)[C@H](COC1OC(CO)C(O)C(O)C1O)N=[N+]=[N-].C[Si](C)(C)OCC1OC(O[Si](C)(C)C)C(O[Si](C)(C)C)C(O[Si](C)(C)C)C1O[Si](C)(C)C. The maximum atomic E-state index is 10.1. The van der Waals surface area contributed by atoms with Crippen molar-refractivity contribution in [3.8, 4) is 0 Å². The van der Waals surface area contributed by atoms with E-state index in [-0.39, 0.29) is 36.9 Å². The van der Waals surface area contributed by atoms with Crippen LogP contribution in [0.5, 0.6) is 0 Å². The number of nitrogens with zero attached hydrogens (tertiary/aromatic N) is 3. The Morgan fingerprint density at radius 1 is 0.591 bits per heavy atom. The highest BCUT2D eigenvalue weighted by Gasteiger charge is 2.53. The van der Waals surface area contributed by atoms with E-state index < -0.39 is 91.2 Å². The van der Waals surface area contributed by atoms with E-state index in [4.69, 9.17) is 41.9 Å². The Kier molecular flexibility index (Phi) is 29.4. The molecule has 2 aliphatic rings. The zero-order valence-corrected chi connectivity index (χ0v) is 49.6. The number of ether oxygens (including phenoxy) is 3. The molecule has 0 amide bonds. The molecule has 0 radical (unpaired) electrons. The predicted molar refractivity (Wildman–Crippen MR) is 279 cm³/mol. The van der Waals surface area contributed by atoms with Gasteiger partial charge in [-0.2, -0.15) is 0 Å². The summed E-state index contributed by atoms with van der Waals surface area (Å²) in [6, 6.07) is -0.522. The summed E-state index contributed by atoms with van der Waals surface area (Å²) in [4.78, 5) is 2.89. The average Bonchev–Trinajstić information content (AvgIpc) is 3.17. The molecule has 0 spiro atoms. The molecule has 20 heteroatoms. The van der Waals surface area contributed by atoms with Crippen molar-refractivity contribution < 1.29 is 56.8 Å². The highest BCUT2D eigenvalue weighted by molar-refractivity contribution is 6.71. The van der Waals surface area contributed by atoms with E-state index in [2.05, 4.69) is 121 Å². The van der Waals surface area contributed by atoms with Crippen LogP contribution in [0.2, 0.25) is 98.2 Å². The van der Waals surface area contributed by atoms with Gasteiger partial charge in [0.2, 0.25) is 0 Å². The van der Waals surface area contributed by atoms with Crippen LogP contribution in [-0.4, -0.2) is 149 Å². The van der Waals surface area contributed by atoms with Gasteiger partial charge < -0.3 is 56.8 Å². The van der Waals surface area contributed by atoms with Crippen molar-refractivity contribution in [3.63, 3.8) is 0 Å². The summed E-state index contributed by atoms with van der Waals surface area (Å²) in [7, 11) is -9.37. The maximum Gasteiger partial charge on any atom is 0.187 e. The molecule has 2 fully saturated rings. The number of allylic oxidation sites excluding steroid dienone is 1. The summed E-state index contributed by atoms with van der Waals surface area (Å²) in [5.74, 6) is -0.0894. The Bertz CT molecular complexity index is 1380. The van der Waals surface area contributed by atoms with Crippen LogP contribution >= 0.6 is 0 Å². The first-order valence-corrected chi connectivity index (χ1v) is 42.1. The molecule has 0 aromatic heterocycles. The summed E-state index contributed by atoms with van der Waals surface area (Å²) >= 11 is 0. The van der Waals surface area contributed by atoms with Crippen LogP contribution in [0.1, 0.15) is 90.9 Å². The van der Waals surface area contributed by atoms with Crippen LogP contribution in [0, 0.1) is 5.92 Å². The lowest BCUT2D eigenvalue weighted by Gasteiger charge is -2.51. The van der Waals surface area contributed by atoms with E-state index in [1.165, 1.54) is 64.2 Å². The lowest BCUT2D eigenvalue weighted by atomic mass is 9.99. The number of unbranched alkanes of at least 4 members (excludes halogenated alkanes) is 11. The average molecular weight is 1030 g/mol. The van der Waals surface area contributed by atoms with Crippen molar-refractivity contribution in [2.75, 3.05) is 19.8 Å². The van der Waals surface area contributed by atoms with Gasteiger partial charge in [0.25, 0.3) is 0 Å². The smallest absolute Gasteiger partial charge is 0.187 e. The van der Waals surface area contributed by atoms with Crippen molar-refractivity contribution in [1.82, 2.24) is 0 Å². The fraction of sp³-hybridized carbons (Fsp3) is 0.957. The van der Waals surface area contributed by atoms with Gasteiger partial charge in [-0.15, -0.1) is 0 Å². The monoisotopic (exact) mass is 1030 g/mol. The van der Waals surface area contributed by atoms with Gasteiger partial charge in [0, 0.05) is 4.91 Å². The van der Waals surface area contributed by atoms with E-state index >= 15 is 0 Å². The zero-order valence-electron chi connectivity index (χ0n) is 44.6. The molecule has 4 N–H and O–H groups in total. The minimum atomic E-state index is -1.92. The Balaban J connectivity index is 0.000000661. The zero-order chi connectivity index (χ0) is 50.5. The van der Waals surface area contributed by atoms with E-state index in [1.807, 2.05) is 13.0 Å². The van der Waals surface area contributed by atoms with Gasteiger partial charge in [-0.25, -0.2) is 0 Å². The number of hydrogen-bond donors (Lipinski definition) is 4. The van der Waals surface area contributed by atoms with Gasteiger partial charge >= 0.3 is 0 Å². The molecule has 15 nitrogen and oxygen atoms in total. The maximum absolute atomic E-state index is 10.1. The third-order valence-electron chi connectivity index (χ3n) is 10.7. The Labute approximate surface area is 406 Å². The molecule has 0 bridgehead atoms. The normalized spacial score (nSPS) is 27.8. The predicted octanol–water partition coefficient (Wildman–Crippen LogP) is 10.4. The lowest BCUT2D eigenvalue weighted by Crippen LogP contribution is -2.67. The molecule has 0 aromatic carbocycles. The van der Waals surface area contributed by atoms with Gasteiger partial charge in [-0.3, -0.25) is 0 Å². The molecule has 2 aliphatic heterocycles. The van der Waals surface area contributed by atoms with Gasteiger partial charge in [-0.05, 0) is 122 Å². The third-order valence-corrected chi connectivity index (χ3v) is 15.6. The molecule has 0 aromatic rings. The highest BCUT2D eigenvalue weighted by atomic mass is 28.4. The summed E-state index contributed by atoms with van der Waals surface area (Å²) in [6.07, 6.45) is 11.3. The van der Waals surface area contributed by atoms with Gasteiger partial charge in [0.15, 0.2) is 54.2 Å². The Morgan fingerprint density at radius 2 is 1.06 bits per heavy atom. The van der Waals surface area contributed by atoms with Crippen LogP contribution in [0.25, 0.3) is 10.4 Å². The molecule has 2 heterocycles. The molecule has 12 atom stereocenters. The summed E-state index contributed by atoms with van der Waals surface area (Å²) in [6.45, 7) is 37.2. The van der Waals surface area contributed by atoms with Crippen LogP contribution in [-0.2, 0) is 36.3 Å². The standard InChI is InChI=1S/C25H47N3O6.C21H52O6Si5/c1-3-4-5-6-7-8-9-10-11-12-13-14-15-16-19(2)20(27-28-26)18-33-25-24(32)23(31)22(30)21(17-29)34-25;1-28(2,3)22-16-17-18(24-29(4,5)6)19(25-30(7,8)9)20(26-31(10,11)12)21(23-17)27-32(13,14)15/h15-16,19-25,29-32H,3-14,17-18H2,1-2H3;17-21H,16H2,1-15H3/b16-15+;/t19-,20+,21?,22?,23?,24?,25?;/m1./s1. The van der Waals surface area contributed by atoms with Gasteiger partial charge in [0.05, 0.1) is 25.9 Å². The van der Waals surface area contributed by atoms with E-state index in [9.17, 15) is 20.4 Å². The van der Waals surface area contributed by atoms with Crippen molar-refractivity contribution >= 4 is 41.6 Å². The van der Waals surface area contributed by atoms with Crippen molar-refractivity contribution in [1.29, 1.82) is 0 Å². The van der Waals surface area contributed by atoms with E-state index in [1.54, 1.807) is 0 Å². The number of aliphatic hydroxyl groups excluding tert-OH is 4. The first-order valence-electron chi connectivity index (χ1n) is 25.1. The minimum absolute atomic E-state index is 0.0311. The van der Waals surface area contributed by atoms with Gasteiger partial charge in [-0.1, -0.05) is 95.3 Å². The van der Waals surface area contributed by atoms with Gasteiger partial charge in [0.1, 0.15) is 48.8 Å². The summed E-state index contributed by atoms with van der Waals surface area (Å²) in [5, 5.41) is 42.9. The van der Waals surface area contributed by atoms with E-state index in [0.717, 1.165) is 12.8 Å². The molecule has 0 aliphatic carbocycles. The molecule has 390 valence electrons. The highest BCUT2D eigenvalue weighted by Crippen LogP contribution is 2.36. The van der Waals surface area contributed by atoms with Crippen LogP contribution in [0.3, 0.4) is 0 Å². The molecular formula is C46H99N3O12Si5. The summed E-state index contributed by atoms with van der Waals surface area (Å²) < 4.78 is 50.8. The van der Waals surface area contributed by atoms with Crippen molar-refractivity contribution in [3.05, 3.63) is 22.6 Å². The van der Waals surface area contributed by atoms with E-state index in [0.29, 0.717) is 6.61 Å². The Morgan fingerprint density at radius 3 is 1.53 bits per heavy atom. The van der Waals surface area contributed by atoms with Crippen molar-refractivity contribution in [2.24, 2.45) is 11.0 Å². The quantitative estimate of drug-likeness (QED) is 0.0133. The van der Waals surface area contributed by atoms with Crippen LogP contribution in [0.4, 0.5) is 0 Å². The number of rotatable bonds is 30.